The molecule has 0 amide bonds. The number of aromatic nitrogens is 2. The SMILES string of the molecule is [2H]C1=C([2H])N(c2cc(C(C)(C)c3ccccc3)cc(C(C)(C)c3ccccc3)c2)CN1c1cccc(Oc2ccc3c4ccccc4n(-c4cc(C(C)(C([2H])([2H])[2H])C([2H])([2H])[2H])ccn4)c3c2)c1. The van der Waals surface area contributed by atoms with Crippen LogP contribution in [-0.4, -0.2) is 16.2 Å². The van der Waals surface area contributed by atoms with Crippen LogP contribution in [0.1, 0.15) is 87.1 Å². The van der Waals surface area contributed by atoms with Crippen molar-refractivity contribution in [3.63, 3.8) is 0 Å². The standard InChI is InChI=1S/C54H52N4O/c1-52(2,3)40-27-28-55-51(34-40)58-49-24-15-14-23-47(49)48-26-25-46(36-50(48)58)59-45-22-16-21-43(35-45)56-29-30-57(37-56)44-32-41(53(4,5)38-17-10-8-11-18-38)31-42(33-44)54(6,7)39-19-12-9-13-20-39/h8-36H,37H2,1-7H3/i1D3,2D3,29D,30D. The van der Waals surface area contributed by atoms with E-state index < -0.39 is 19.1 Å². The molecule has 0 fully saturated rings. The van der Waals surface area contributed by atoms with Crippen molar-refractivity contribution >= 4 is 33.2 Å². The fraction of sp³-hybridized carbons (Fsp3) is 0.204. The quantitative estimate of drug-likeness (QED) is 0.146. The lowest BCUT2D eigenvalue weighted by Crippen LogP contribution is -2.27. The van der Waals surface area contributed by atoms with Gasteiger partial charge in [0.2, 0.25) is 0 Å². The van der Waals surface area contributed by atoms with Crippen molar-refractivity contribution in [3.05, 3.63) is 204 Å². The molecule has 0 saturated carbocycles. The van der Waals surface area contributed by atoms with Crippen molar-refractivity contribution in [1.29, 1.82) is 0 Å². The van der Waals surface area contributed by atoms with E-state index in [1.54, 1.807) is 11.0 Å². The Bertz CT molecular complexity index is 3090. The number of anilines is 2. The van der Waals surface area contributed by atoms with Gasteiger partial charge >= 0.3 is 0 Å². The van der Waals surface area contributed by atoms with Gasteiger partial charge in [0.15, 0.2) is 0 Å². The molecule has 6 aromatic carbocycles. The molecule has 0 unspecified atom stereocenters. The molecule has 1 aliphatic rings. The molecule has 5 nitrogen and oxygen atoms in total. The van der Waals surface area contributed by atoms with Crippen LogP contribution in [0.25, 0.3) is 27.6 Å². The van der Waals surface area contributed by atoms with Gasteiger partial charge < -0.3 is 14.5 Å². The predicted octanol–water partition coefficient (Wildman–Crippen LogP) is 13.7. The predicted molar refractivity (Wildman–Crippen MR) is 246 cm³/mol. The summed E-state index contributed by atoms with van der Waals surface area (Å²) in [5.41, 5.74) is 4.85. The first-order valence-electron chi connectivity index (χ1n) is 24.0. The Morgan fingerprint density at radius 3 is 1.81 bits per heavy atom. The van der Waals surface area contributed by atoms with Crippen LogP contribution >= 0.6 is 0 Å². The van der Waals surface area contributed by atoms with Crippen molar-refractivity contribution in [3.8, 4) is 17.3 Å². The maximum Gasteiger partial charge on any atom is 0.137 e. The molecule has 0 radical (unpaired) electrons. The maximum absolute atomic E-state index is 9.33. The van der Waals surface area contributed by atoms with Gasteiger partial charge in [0.05, 0.1) is 20.4 Å². The highest BCUT2D eigenvalue weighted by molar-refractivity contribution is 6.09. The first-order chi connectivity index (χ1) is 31.7. The van der Waals surface area contributed by atoms with Gasteiger partial charge in [-0.1, -0.05) is 139 Å². The molecule has 3 heterocycles. The van der Waals surface area contributed by atoms with E-state index in [1.165, 1.54) is 30.3 Å². The molecule has 294 valence electrons. The third-order valence-corrected chi connectivity index (χ3v) is 11.8. The van der Waals surface area contributed by atoms with Crippen LogP contribution in [-0.2, 0) is 16.2 Å². The molecule has 1 aliphatic heterocycles. The topological polar surface area (TPSA) is 33.5 Å². The monoisotopic (exact) mass is 780 g/mol. The van der Waals surface area contributed by atoms with Gasteiger partial charge in [-0.25, -0.2) is 4.98 Å². The highest BCUT2D eigenvalue weighted by Crippen LogP contribution is 2.41. The summed E-state index contributed by atoms with van der Waals surface area (Å²) in [5.74, 6) is 1.39. The van der Waals surface area contributed by atoms with E-state index in [4.69, 9.17) is 13.0 Å². The molecule has 5 heteroatoms. The Hall–Kier alpha value is -6.59. The lowest BCUT2D eigenvalue weighted by atomic mass is 9.73. The molecular formula is C54H52N4O. The largest absolute Gasteiger partial charge is 0.457 e. The first-order valence-corrected chi connectivity index (χ1v) is 20.0. The van der Waals surface area contributed by atoms with E-state index in [0.29, 0.717) is 23.0 Å². The number of rotatable bonds is 9. The van der Waals surface area contributed by atoms with Crippen molar-refractivity contribution in [2.24, 2.45) is 0 Å². The second-order valence-corrected chi connectivity index (χ2v) is 16.6. The molecule has 0 atom stereocenters. The highest BCUT2D eigenvalue weighted by Gasteiger charge is 2.30. The smallest absolute Gasteiger partial charge is 0.137 e. The number of para-hydroxylation sites is 1. The first kappa shape index (κ1) is 29.6. The van der Waals surface area contributed by atoms with Gasteiger partial charge in [0.25, 0.3) is 0 Å². The molecule has 0 aliphatic carbocycles. The summed E-state index contributed by atoms with van der Waals surface area (Å²) in [4.78, 5) is 8.33. The molecule has 59 heavy (non-hydrogen) atoms. The second-order valence-electron chi connectivity index (χ2n) is 16.6. The summed E-state index contributed by atoms with van der Waals surface area (Å²) >= 11 is 0. The normalized spacial score (nSPS) is 16.2. The average molecular weight is 781 g/mol. The van der Waals surface area contributed by atoms with E-state index >= 15 is 0 Å². The Kier molecular flexibility index (Phi) is 7.35. The number of hydrogen-bond donors (Lipinski definition) is 0. The third-order valence-electron chi connectivity index (χ3n) is 11.8. The van der Waals surface area contributed by atoms with E-state index in [2.05, 4.69) is 99.4 Å². The minimum atomic E-state index is -2.83. The lowest BCUT2D eigenvalue weighted by molar-refractivity contribution is 0.483. The Balaban J connectivity index is 1.06. The van der Waals surface area contributed by atoms with Crippen molar-refractivity contribution in [1.82, 2.24) is 9.55 Å². The maximum atomic E-state index is 9.33. The number of nitrogens with zero attached hydrogens (tertiary/aromatic N) is 4. The van der Waals surface area contributed by atoms with Gasteiger partial charge in [0, 0.05) is 71.9 Å². The van der Waals surface area contributed by atoms with Gasteiger partial charge in [-0.3, -0.25) is 4.57 Å². The molecule has 8 aromatic rings. The van der Waals surface area contributed by atoms with Crippen molar-refractivity contribution in [2.45, 2.75) is 64.6 Å². The molecule has 2 aromatic heterocycles. The minimum Gasteiger partial charge on any atom is -0.457 e. The Labute approximate surface area is 360 Å². The van der Waals surface area contributed by atoms with Gasteiger partial charge in [-0.15, -0.1) is 0 Å². The molecule has 0 spiro atoms. The van der Waals surface area contributed by atoms with E-state index in [1.807, 2.05) is 88.3 Å². The van der Waals surface area contributed by atoms with Gasteiger partial charge in [-0.2, -0.15) is 0 Å². The summed E-state index contributed by atoms with van der Waals surface area (Å²) in [6, 6.07) is 51.5. The number of ether oxygens (including phenoxy) is 1. The van der Waals surface area contributed by atoms with Gasteiger partial charge in [0.1, 0.15) is 17.3 Å². The van der Waals surface area contributed by atoms with E-state index in [9.17, 15) is 2.74 Å². The molecule has 0 saturated heterocycles. The number of pyridine rings is 1. The zero-order valence-electron chi connectivity index (χ0n) is 42.0. The molecule has 0 bridgehead atoms. The zero-order chi connectivity index (χ0) is 47.7. The Morgan fingerprint density at radius 2 is 1.14 bits per heavy atom. The van der Waals surface area contributed by atoms with Crippen LogP contribution in [0, 0.1) is 0 Å². The number of fused-ring (bicyclic) bond motifs is 3. The summed E-state index contributed by atoms with van der Waals surface area (Å²) in [5, 5.41) is 1.83. The summed E-state index contributed by atoms with van der Waals surface area (Å²) in [7, 11) is 0. The van der Waals surface area contributed by atoms with E-state index in [-0.39, 0.29) is 35.4 Å². The second kappa shape index (κ2) is 14.7. The van der Waals surface area contributed by atoms with E-state index in [0.717, 1.165) is 38.6 Å². The molecule has 0 N–H and O–H groups in total. The van der Waals surface area contributed by atoms with Crippen LogP contribution in [0.4, 0.5) is 11.4 Å². The van der Waals surface area contributed by atoms with Crippen molar-refractivity contribution < 1.29 is 15.7 Å². The van der Waals surface area contributed by atoms with Crippen LogP contribution in [0.5, 0.6) is 11.5 Å². The van der Waals surface area contributed by atoms with Crippen LogP contribution in [0.2, 0.25) is 0 Å². The summed E-state index contributed by atoms with van der Waals surface area (Å²) in [6.07, 6.45) is 1.59. The number of benzene rings is 6. The fourth-order valence-electron chi connectivity index (χ4n) is 8.12. The molecule has 9 rings (SSSR count). The third kappa shape index (κ3) is 7.16. The fourth-order valence-corrected chi connectivity index (χ4v) is 8.12. The highest BCUT2D eigenvalue weighted by atomic mass is 16.5. The summed E-state index contributed by atoms with van der Waals surface area (Å²) in [6.45, 7) is 4.75. The summed E-state index contributed by atoms with van der Waals surface area (Å²) < 4.78 is 76.7. The van der Waals surface area contributed by atoms with Crippen LogP contribution < -0.4 is 14.5 Å². The lowest BCUT2D eigenvalue weighted by Gasteiger charge is -2.33. The Morgan fingerprint density at radius 1 is 0.525 bits per heavy atom. The van der Waals surface area contributed by atoms with Gasteiger partial charge in [-0.05, 0) is 87.8 Å². The zero-order valence-corrected chi connectivity index (χ0v) is 34.0. The van der Waals surface area contributed by atoms with Crippen molar-refractivity contribution in [2.75, 3.05) is 16.5 Å². The average Bonchev–Trinajstić information content (AvgIpc) is 3.80. The van der Waals surface area contributed by atoms with Crippen LogP contribution in [0.3, 0.4) is 0 Å². The minimum absolute atomic E-state index is 0.0579. The number of hydrogen-bond acceptors (Lipinski definition) is 4. The van der Waals surface area contributed by atoms with Crippen LogP contribution in [0.15, 0.2) is 176 Å². The molecular weight excluding hydrogens is 721 g/mol.